The van der Waals surface area contributed by atoms with Crippen LogP contribution >= 0.6 is 0 Å². The molecule has 4 aliphatic rings. The van der Waals surface area contributed by atoms with Crippen molar-refractivity contribution in [2.45, 2.75) is 125 Å². The lowest BCUT2D eigenvalue weighted by molar-refractivity contribution is -0.164. The molecule has 0 radical (unpaired) electrons. The van der Waals surface area contributed by atoms with Gasteiger partial charge in [0.15, 0.2) is 0 Å². The van der Waals surface area contributed by atoms with E-state index in [1.54, 1.807) is 6.42 Å². The third-order valence-corrected chi connectivity index (χ3v) is 12.4. The van der Waals surface area contributed by atoms with Gasteiger partial charge in [-0.25, -0.2) is 0 Å². The summed E-state index contributed by atoms with van der Waals surface area (Å²) in [6.07, 6.45) is 16.4. The lowest BCUT2D eigenvalue weighted by Crippen LogP contribution is -2.61. The average molecular weight is 444 g/mol. The first-order valence-corrected chi connectivity index (χ1v) is 14.6. The highest BCUT2D eigenvalue weighted by Gasteiger charge is 2.63. The van der Waals surface area contributed by atoms with E-state index in [0.717, 1.165) is 47.5 Å². The summed E-state index contributed by atoms with van der Waals surface area (Å²) in [6, 6.07) is 0.758. The third-order valence-electron chi connectivity index (χ3n) is 12.4. The van der Waals surface area contributed by atoms with Crippen LogP contribution in [0.15, 0.2) is 0 Å². The van der Waals surface area contributed by atoms with Gasteiger partial charge in [-0.15, -0.1) is 0 Å². The maximum absolute atomic E-state index is 2.76. The molecule has 4 aliphatic carbocycles. The Hall–Kier alpha value is -0.0400. The fourth-order valence-corrected chi connectivity index (χ4v) is 11.0. The van der Waals surface area contributed by atoms with Crippen molar-refractivity contribution in [2.75, 3.05) is 14.1 Å². The molecular weight excluding hydrogens is 386 g/mol. The molecule has 0 N–H and O–H groups in total. The normalized spacial score (nSPS) is 46.6. The van der Waals surface area contributed by atoms with E-state index in [-0.39, 0.29) is 0 Å². The van der Waals surface area contributed by atoms with Crippen LogP contribution in [0.1, 0.15) is 119 Å². The molecule has 4 saturated carbocycles. The molecule has 0 aliphatic heterocycles. The van der Waals surface area contributed by atoms with Crippen molar-refractivity contribution in [3.05, 3.63) is 0 Å². The maximum Gasteiger partial charge on any atom is 0.0143 e. The molecule has 0 heterocycles. The Labute approximate surface area is 201 Å². The van der Waals surface area contributed by atoms with Gasteiger partial charge in [-0.2, -0.15) is 0 Å². The minimum Gasteiger partial charge on any atom is -0.306 e. The molecule has 32 heavy (non-hydrogen) atoms. The molecule has 0 spiro atoms. The summed E-state index contributed by atoms with van der Waals surface area (Å²) in [5.74, 6) is 6.74. The zero-order valence-electron chi connectivity index (χ0n) is 23.3. The van der Waals surface area contributed by atoms with Crippen LogP contribution in [0, 0.1) is 57.7 Å². The molecule has 1 heteroatoms. The molecule has 4 fully saturated rings. The van der Waals surface area contributed by atoms with Gasteiger partial charge < -0.3 is 4.90 Å². The van der Waals surface area contributed by atoms with Crippen LogP contribution in [-0.2, 0) is 0 Å². The molecule has 0 saturated heterocycles. The second-order valence-corrected chi connectivity index (χ2v) is 14.9. The van der Waals surface area contributed by atoms with Gasteiger partial charge in [-0.1, -0.05) is 67.7 Å². The Balaban J connectivity index is 1.50. The Morgan fingerprint density at radius 1 is 0.750 bits per heavy atom. The predicted molar refractivity (Wildman–Crippen MR) is 140 cm³/mol. The van der Waals surface area contributed by atoms with E-state index < -0.39 is 0 Å². The summed E-state index contributed by atoms with van der Waals surface area (Å²) >= 11 is 0. The molecule has 1 nitrogen and oxygen atoms in total. The summed E-state index contributed by atoms with van der Waals surface area (Å²) in [5.41, 5.74) is 1.67. The highest BCUT2D eigenvalue weighted by molar-refractivity contribution is 5.13. The van der Waals surface area contributed by atoms with Gasteiger partial charge in [-0.3, -0.25) is 0 Å². The van der Waals surface area contributed by atoms with Crippen LogP contribution in [-0.4, -0.2) is 25.0 Å². The monoisotopic (exact) mass is 443 g/mol. The molecule has 0 aromatic rings. The fraction of sp³-hybridized carbons (Fsp3) is 1.00. The van der Waals surface area contributed by atoms with Crippen LogP contribution in [0.4, 0.5) is 0 Å². The average Bonchev–Trinajstić information content (AvgIpc) is 3.04. The van der Waals surface area contributed by atoms with E-state index in [2.05, 4.69) is 67.5 Å². The molecule has 9 unspecified atom stereocenters. The van der Waals surface area contributed by atoms with E-state index in [1.165, 1.54) is 64.2 Å². The zero-order valence-corrected chi connectivity index (χ0v) is 23.3. The minimum atomic E-state index is 0.450. The number of hydrogen-bond acceptors (Lipinski definition) is 1. The lowest BCUT2D eigenvalue weighted by atomic mass is 9.40. The van der Waals surface area contributed by atoms with Gasteiger partial charge >= 0.3 is 0 Å². The molecule has 0 bridgehead atoms. The molecule has 0 amide bonds. The molecule has 4 rings (SSSR count). The second-order valence-electron chi connectivity index (χ2n) is 14.9. The minimum absolute atomic E-state index is 0.450. The number of hydrogen-bond donors (Lipinski definition) is 0. The van der Waals surface area contributed by atoms with Crippen molar-refractivity contribution in [3.63, 3.8) is 0 Å². The van der Waals surface area contributed by atoms with Crippen LogP contribution in [0.3, 0.4) is 0 Å². The first-order chi connectivity index (χ1) is 14.9. The van der Waals surface area contributed by atoms with Crippen LogP contribution in [0.5, 0.6) is 0 Å². The van der Waals surface area contributed by atoms with E-state index >= 15 is 0 Å². The van der Waals surface area contributed by atoms with Crippen molar-refractivity contribution in [2.24, 2.45) is 57.7 Å². The van der Waals surface area contributed by atoms with E-state index in [0.29, 0.717) is 16.2 Å². The van der Waals surface area contributed by atoms with Crippen molar-refractivity contribution in [3.8, 4) is 0 Å². The Morgan fingerprint density at radius 3 is 2.06 bits per heavy atom. The zero-order chi connectivity index (χ0) is 23.5. The predicted octanol–water partition coefficient (Wildman–Crippen LogP) is 8.67. The van der Waals surface area contributed by atoms with Crippen LogP contribution in [0.2, 0.25) is 0 Å². The van der Waals surface area contributed by atoms with Crippen LogP contribution in [0.25, 0.3) is 0 Å². The summed E-state index contributed by atoms with van der Waals surface area (Å²) < 4.78 is 0. The molecule has 0 aromatic carbocycles. The Morgan fingerprint density at radius 2 is 1.41 bits per heavy atom. The van der Waals surface area contributed by atoms with E-state index in [4.69, 9.17) is 0 Å². The van der Waals surface area contributed by atoms with Gasteiger partial charge in [0, 0.05) is 6.04 Å². The van der Waals surface area contributed by atoms with Gasteiger partial charge in [0.2, 0.25) is 0 Å². The third kappa shape index (κ3) is 3.93. The van der Waals surface area contributed by atoms with E-state index in [1.807, 2.05) is 0 Å². The van der Waals surface area contributed by atoms with Gasteiger partial charge in [0.05, 0.1) is 0 Å². The largest absolute Gasteiger partial charge is 0.306 e. The summed E-state index contributed by atoms with van der Waals surface area (Å²) in [7, 11) is 4.65. The van der Waals surface area contributed by atoms with Crippen molar-refractivity contribution < 1.29 is 0 Å². The topological polar surface area (TPSA) is 3.24 Å². The quantitative estimate of drug-likeness (QED) is 0.397. The standard InChI is InChI=1S/C31H57N/c1-21(2)11-10-12-22(3)24-14-15-25-23-13-16-27-29(4,5)28(32(8)9)18-20-31(27,7)26(23)17-19-30(24,25)6/h21-28H,10-20H2,1-9H3. The first kappa shape index (κ1) is 25.1. The molecular formula is C31H57N. The lowest BCUT2D eigenvalue weighted by Gasteiger charge is -2.66. The second kappa shape index (κ2) is 8.87. The maximum atomic E-state index is 2.76. The number of fused-ring (bicyclic) bond motifs is 5. The van der Waals surface area contributed by atoms with Gasteiger partial charge in [0.25, 0.3) is 0 Å². The van der Waals surface area contributed by atoms with Crippen molar-refractivity contribution >= 4 is 0 Å². The molecule has 9 atom stereocenters. The highest BCUT2D eigenvalue weighted by Crippen LogP contribution is 2.70. The van der Waals surface area contributed by atoms with Gasteiger partial charge in [0.1, 0.15) is 0 Å². The van der Waals surface area contributed by atoms with Crippen molar-refractivity contribution in [1.82, 2.24) is 4.90 Å². The van der Waals surface area contributed by atoms with Crippen molar-refractivity contribution in [1.29, 1.82) is 0 Å². The SMILES string of the molecule is CC(C)CCCC(C)C1CCC2C3CCC4C(C)(C)C(N(C)C)CCC4(C)C3CCC12C. The summed E-state index contributed by atoms with van der Waals surface area (Å²) in [6.45, 7) is 18.2. The smallest absolute Gasteiger partial charge is 0.0143 e. The Kier molecular flexibility index (Phi) is 6.95. The molecule has 186 valence electrons. The number of rotatable bonds is 6. The van der Waals surface area contributed by atoms with E-state index in [9.17, 15) is 0 Å². The summed E-state index contributed by atoms with van der Waals surface area (Å²) in [5, 5.41) is 0. The number of nitrogens with zero attached hydrogens (tertiary/aromatic N) is 1. The summed E-state index contributed by atoms with van der Waals surface area (Å²) in [4.78, 5) is 2.55. The van der Waals surface area contributed by atoms with Crippen LogP contribution < -0.4 is 0 Å². The highest BCUT2D eigenvalue weighted by atomic mass is 15.1. The Bertz CT molecular complexity index is 649. The molecule has 0 aromatic heterocycles. The first-order valence-electron chi connectivity index (χ1n) is 14.6. The van der Waals surface area contributed by atoms with Gasteiger partial charge in [-0.05, 0) is 123 Å². The fourth-order valence-electron chi connectivity index (χ4n) is 11.0.